The van der Waals surface area contributed by atoms with Crippen LogP contribution in [-0.4, -0.2) is 54.1 Å². The van der Waals surface area contributed by atoms with Crippen LogP contribution in [0.15, 0.2) is 36.7 Å². The predicted molar refractivity (Wildman–Crippen MR) is 88.2 cm³/mol. The summed E-state index contributed by atoms with van der Waals surface area (Å²) in [6, 6.07) is 8.02. The third-order valence-corrected chi connectivity index (χ3v) is 4.03. The zero-order valence-electron chi connectivity index (χ0n) is 12.8. The second kappa shape index (κ2) is 6.83. The van der Waals surface area contributed by atoms with E-state index in [9.17, 15) is 4.79 Å². The van der Waals surface area contributed by atoms with Crippen molar-refractivity contribution < 1.29 is 9.53 Å². The molecule has 1 amide bonds. The van der Waals surface area contributed by atoms with Gasteiger partial charge in [0.25, 0.3) is 5.91 Å². The van der Waals surface area contributed by atoms with Gasteiger partial charge in [-0.1, -0.05) is 17.7 Å². The number of nitrogens with zero attached hydrogens (tertiary/aromatic N) is 4. The second-order valence-electron chi connectivity index (χ2n) is 5.22. The number of ether oxygens (including phenoxy) is 1. The number of piperazine rings is 1. The van der Waals surface area contributed by atoms with E-state index in [1.165, 1.54) is 19.5 Å². The summed E-state index contributed by atoms with van der Waals surface area (Å²) >= 11 is 6.03. The van der Waals surface area contributed by atoms with Crippen molar-refractivity contribution in [1.82, 2.24) is 14.9 Å². The summed E-state index contributed by atoms with van der Waals surface area (Å²) in [5, 5.41) is 0.719. The molecule has 1 aromatic carbocycles. The topological polar surface area (TPSA) is 58.6 Å². The van der Waals surface area contributed by atoms with Crippen molar-refractivity contribution in [3.8, 4) is 6.01 Å². The Morgan fingerprint density at radius 3 is 2.48 bits per heavy atom. The van der Waals surface area contributed by atoms with Crippen LogP contribution in [0, 0.1) is 0 Å². The molecule has 1 aromatic heterocycles. The van der Waals surface area contributed by atoms with E-state index in [1.807, 2.05) is 29.2 Å². The molecule has 2 heterocycles. The van der Waals surface area contributed by atoms with E-state index in [-0.39, 0.29) is 11.9 Å². The van der Waals surface area contributed by atoms with Gasteiger partial charge in [0, 0.05) is 49.3 Å². The number of carbonyl (C=O) groups excluding carboxylic acids is 1. The van der Waals surface area contributed by atoms with E-state index in [0.29, 0.717) is 18.7 Å². The molecule has 23 heavy (non-hydrogen) atoms. The van der Waals surface area contributed by atoms with E-state index in [0.717, 1.165) is 23.8 Å². The molecule has 3 rings (SSSR count). The highest BCUT2D eigenvalue weighted by atomic mass is 35.5. The Labute approximate surface area is 139 Å². The predicted octanol–water partition coefficient (Wildman–Crippen LogP) is 2.10. The maximum absolute atomic E-state index is 12.5. The lowest BCUT2D eigenvalue weighted by Crippen LogP contribution is -2.48. The number of aromatic nitrogens is 2. The molecule has 0 radical (unpaired) electrons. The van der Waals surface area contributed by atoms with Crippen LogP contribution in [0.4, 0.5) is 5.69 Å². The van der Waals surface area contributed by atoms with Gasteiger partial charge in [0.2, 0.25) is 0 Å². The van der Waals surface area contributed by atoms with Crippen LogP contribution in [0.2, 0.25) is 5.02 Å². The molecule has 2 aromatic rings. The number of anilines is 1. The number of carbonyl (C=O) groups is 1. The maximum Gasteiger partial charge on any atom is 0.316 e. The molecular weight excluding hydrogens is 316 g/mol. The summed E-state index contributed by atoms with van der Waals surface area (Å²) in [6.07, 6.45) is 3.00. The first-order valence-electron chi connectivity index (χ1n) is 7.33. The molecule has 1 saturated heterocycles. The zero-order valence-corrected chi connectivity index (χ0v) is 13.5. The molecule has 120 valence electrons. The fourth-order valence-corrected chi connectivity index (χ4v) is 2.74. The molecule has 1 fully saturated rings. The number of benzene rings is 1. The lowest BCUT2D eigenvalue weighted by atomic mass is 10.2. The normalized spacial score (nSPS) is 14.7. The van der Waals surface area contributed by atoms with E-state index >= 15 is 0 Å². The SMILES string of the molecule is COc1ncc(C(=O)N2CCN(c3cccc(Cl)c3)CC2)cn1. The van der Waals surface area contributed by atoms with Gasteiger partial charge in [0.1, 0.15) is 0 Å². The summed E-state index contributed by atoms with van der Waals surface area (Å²) in [5.74, 6) is -0.0570. The molecule has 0 bridgehead atoms. The van der Waals surface area contributed by atoms with Crippen molar-refractivity contribution in [2.24, 2.45) is 0 Å². The standard InChI is InChI=1S/C16H17ClN4O2/c1-23-16-18-10-12(11-19-16)15(22)21-7-5-20(6-8-21)14-4-2-3-13(17)9-14/h2-4,9-11H,5-8H2,1H3. The molecule has 0 N–H and O–H groups in total. The van der Waals surface area contributed by atoms with Gasteiger partial charge in [0.15, 0.2) is 0 Å². The molecular formula is C16H17ClN4O2. The van der Waals surface area contributed by atoms with Crippen LogP contribution in [0.25, 0.3) is 0 Å². The Bertz CT molecular complexity index is 685. The Morgan fingerprint density at radius 2 is 1.87 bits per heavy atom. The van der Waals surface area contributed by atoms with Gasteiger partial charge in [-0.3, -0.25) is 4.79 Å². The number of halogens is 1. The number of rotatable bonds is 3. The average Bonchev–Trinajstić information content (AvgIpc) is 2.61. The fraction of sp³-hybridized carbons (Fsp3) is 0.312. The third kappa shape index (κ3) is 3.53. The van der Waals surface area contributed by atoms with Crippen LogP contribution in [0.1, 0.15) is 10.4 Å². The van der Waals surface area contributed by atoms with E-state index in [1.54, 1.807) is 0 Å². The van der Waals surface area contributed by atoms with E-state index in [4.69, 9.17) is 16.3 Å². The minimum absolute atomic E-state index is 0.0570. The van der Waals surface area contributed by atoms with Crippen LogP contribution >= 0.6 is 11.6 Å². The van der Waals surface area contributed by atoms with Crippen molar-refractivity contribution in [2.75, 3.05) is 38.2 Å². The molecule has 6 nitrogen and oxygen atoms in total. The highest BCUT2D eigenvalue weighted by Crippen LogP contribution is 2.21. The van der Waals surface area contributed by atoms with Crippen LogP contribution < -0.4 is 9.64 Å². The Hall–Kier alpha value is -2.34. The van der Waals surface area contributed by atoms with Crippen LogP contribution in [0.3, 0.4) is 0 Å². The molecule has 0 saturated carbocycles. The van der Waals surface area contributed by atoms with Crippen molar-refractivity contribution in [3.63, 3.8) is 0 Å². The van der Waals surface area contributed by atoms with Crippen molar-refractivity contribution >= 4 is 23.2 Å². The minimum Gasteiger partial charge on any atom is -0.467 e. The lowest BCUT2D eigenvalue weighted by Gasteiger charge is -2.36. The monoisotopic (exact) mass is 332 g/mol. The largest absolute Gasteiger partial charge is 0.467 e. The zero-order chi connectivity index (χ0) is 16.2. The van der Waals surface area contributed by atoms with Crippen molar-refractivity contribution in [2.45, 2.75) is 0 Å². The first-order valence-corrected chi connectivity index (χ1v) is 7.71. The van der Waals surface area contributed by atoms with Gasteiger partial charge < -0.3 is 14.5 Å². The van der Waals surface area contributed by atoms with Crippen molar-refractivity contribution in [1.29, 1.82) is 0 Å². The first-order chi connectivity index (χ1) is 11.2. The molecule has 0 spiro atoms. The third-order valence-electron chi connectivity index (χ3n) is 3.80. The second-order valence-corrected chi connectivity index (χ2v) is 5.65. The Balaban J connectivity index is 1.62. The Kier molecular flexibility index (Phi) is 4.62. The summed E-state index contributed by atoms with van der Waals surface area (Å²) in [7, 11) is 1.49. The first kappa shape index (κ1) is 15.6. The number of amides is 1. The minimum atomic E-state index is -0.0570. The summed E-state index contributed by atoms with van der Waals surface area (Å²) in [5.41, 5.74) is 1.55. The van der Waals surface area contributed by atoms with Crippen LogP contribution in [-0.2, 0) is 0 Å². The average molecular weight is 333 g/mol. The maximum atomic E-state index is 12.5. The quantitative estimate of drug-likeness (QED) is 0.861. The highest BCUT2D eigenvalue weighted by Gasteiger charge is 2.23. The van der Waals surface area contributed by atoms with Gasteiger partial charge in [-0.15, -0.1) is 0 Å². The van der Waals surface area contributed by atoms with Crippen LogP contribution in [0.5, 0.6) is 6.01 Å². The van der Waals surface area contributed by atoms with Gasteiger partial charge in [-0.2, -0.15) is 0 Å². The number of hydrogen-bond donors (Lipinski definition) is 0. The highest BCUT2D eigenvalue weighted by molar-refractivity contribution is 6.30. The molecule has 0 aliphatic carbocycles. The van der Waals surface area contributed by atoms with E-state index < -0.39 is 0 Å². The summed E-state index contributed by atoms with van der Waals surface area (Å²) in [6.45, 7) is 2.83. The number of methoxy groups -OCH3 is 1. The van der Waals surface area contributed by atoms with Crippen molar-refractivity contribution in [3.05, 3.63) is 47.2 Å². The lowest BCUT2D eigenvalue weighted by molar-refractivity contribution is 0.0745. The smallest absolute Gasteiger partial charge is 0.316 e. The molecule has 0 atom stereocenters. The molecule has 7 heteroatoms. The number of hydrogen-bond acceptors (Lipinski definition) is 5. The van der Waals surface area contributed by atoms with Gasteiger partial charge in [0.05, 0.1) is 12.7 Å². The molecule has 1 aliphatic heterocycles. The van der Waals surface area contributed by atoms with Gasteiger partial charge in [-0.25, -0.2) is 9.97 Å². The molecule has 0 unspecified atom stereocenters. The van der Waals surface area contributed by atoms with Gasteiger partial charge >= 0.3 is 6.01 Å². The van der Waals surface area contributed by atoms with E-state index in [2.05, 4.69) is 14.9 Å². The van der Waals surface area contributed by atoms with Gasteiger partial charge in [-0.05, 0) is 18.2 Å². The fourth-order valence-electron chi connectivity index (χ4n) is 2.56. The molecule has 1 aliphatic rings. The summed E-state index contributed by atoms with van der Waals surface area (Å²) < 4.78 is 4.90. The summed E-state index contributed by atoms with van der Waals surface area (Å²) in [4.78, 5) is 24.5. The Morgan fingerprint density at radius 1 is 1.17 bits per heavy atom.